The standard InChI is InChI=1S/C57H35N5S/c1-2-12-44(13-3-1)62-50-17-6-7-18-52(50)63-56-51(62)20-19-47-53(56)45-14-4-5-15-46(45)57(47)48-16-9-25-60-54(48)55-49(57)34-43(35-61-55)39-11-8-10-38(30-39)42-32-40(36-21-26-58-27-22-36)31-41(33-42)37-23-28-59-29-24-37/h1-35H. The van der Waals surface area contributed by atoms with Gasteiger partial charge in [0.25, 0.3) is 0 Å². The van der Waals surface area contributed by atoms with Crippen LogP contribution >= 0.6 is 11.8 Å². The number of rotatable bonds is 5. The molecule has 1 unspecified atom stereocenters. The van der Waals surface area contributed by atoms with Crippen molar-refractivity contribution in [1.29, 1.82) is 0 Å². The Balaban J connectivity index is 1.00. The highest BCUT2D eigenvalue weighted by molar-refractivity contribution is 8.00. The Hall–Kier alpha value is -7.93. The fourth-order valence-electron chi connectivity index (χ4n) is 10.2. The van der Waals surface area contributed by atoms with Crippen LogP contribution in [0.5, 0.6) is 0 Å². The van der Waals surface area contributed by atoms with Gasteiger partial charge < -0.3 is 4.90 Å². The lowest BCUT2D eigenvalue weighted by atomic mass is 9.70. The highest BCUT2D eigenvalue weighted by Crippen LogP contribution is 2.66. The van der Waals surface area contributed by atoms with Crippen LogP contribution in [0.1, 0.15) is 22.3 Å². The molecule has 6 aromatic carbocycles. The van der Waals surface area contributed by atoms with Crippen LogP contribution in [0.15, 0.2) is 223 Å². The highest BCUT2D eigenvalue weighted by atomic mass is 32.2. The van der Waals surface area contributed by atoms with Gasteiger partial charge in [0.15, 0.2) is 0 Å². The number of anilines is 3. The molecule has 13 rings (SSSR count). The summed E-state index contributed by atoms with van der Waals surface area (Å²) in [7, 11) is 0. The molecule has 6 heteroatoms. The number of aromatic nitrogens is 4. The van der Waals surface area contributed by atoms with Crippen molar-refractivity contribution in [2.24, 2.45) is 0 Å². The van der Waals surface area contributed by atoms with Crippen LogP contribution in [0, 0.1) is 0 Å². The van der Waals surface area contributed by atoms with Crippen molar-refractivity contribution >= 4 is 28.8 Å². The number of benzene rings is 6. The van der Waals surface area contributed by atoms with Gasteiger partial charge in [-0.2, -0.15) is 0 Å². The fraction of sp³-hybridized carbons (Fsp3) is 0.0175. The van der Waals surface area contributed by atoms with Gasteiger partial charge in [-0.1, -0.05) is 96.7 Å². The van der Waals surface area contributed by atoms with Crippen LogP contribution < -0.4 is 4.90 Å². The summed E-state index contributed by atoms with van der Waals surface area (Å²) in [5, 5.41) is 0. The minimum Gasteiger partial charge on any atom is -0.308 e. The Morgan fingerprint density at radius 3 is 1.81 bits per heavy atom. The first-order valence-electron chi connectivity index (χ1n) is 21.2. The van der Waals surface area contributed by atoms with Crippen molar-refractivity contribution in [1.82, 2.24) is 19.9 Å². The summed E-state index contributed by atoms with van der Waals surface area (Å²) in [5.41, 5.74) is 21.1. The molecule has 5 heterocycles. The van der Waals surface area contributed by atoms with Crippen LogP contribution in [-0.2, 0) is 5.41 Å². The Morgan fingerprint density at radius 1 is 0.397 bits per heavy atom. The van der Waals surface area contributed by atoms with Crippen molar-refractivity contribution < 1.29 is 0 Å². The SMILES string of the molecule is c1ccc(N2c3ccccc3Sc3c2ccc2c3-c3ccccc3C23c2cccnc2-c2ncc(-c4cccc(-c5cc(-c6ccncc6)cc(-c6ccncc6)c5)c4)cc23)cc1. The van der Waals surface area contributed by atoms with E-state index in [1.54, 1.807) is 0 Å². The van der Waals surface area contributed by atoms with Gasteiger partial charge in [-0.25, -0.2) is 0 Å². The van der Waals surface area contributed by atoms with E-state index in [-0.39, 0.29) is 0 Å². The van der Waals surface area contributed by atoms with E-state index >= 15 is 0 Å². The second kappa shape index (κ2) is 14.1. The third-order valence-electron chi connectivity index (χ3n) is 12.9. The van der Waals surface area contributed by atoms with Crippen molar-refractivity contribution in [3.63, 3.8) is 0 Å². The number of nitrogens with zero attached hydrogens (tertiary/aromatic N) is 5. The van der Waals surface area contributed by atoms with E-state index in [0.717, 1.165) is 67.1 Å². The molecule has 2 aliphatic carbocycles. The molecule has 1 spiro atoms. The van der Waals surface area contributed by atoms with Crippen LogP contribution in [0.2, 0.25) is 0 Å². The van der Waals surface area contributed by atoms with Crippen molar-refractivity contribution in [3.8, 4) is 67.0 Å². The first-order valence-corrected chi connectivity index (χ1v) is 22.0. The molecule has 4 aromatic heterocycles. The zero-order valence-corrected chi connectivity index (χ0v) is 34.7. The number of pyridine rings is 4. The van der Waals surface area contributed by atoms with E-state index in [9.17, 15) is 0 Å². The molecule has 63 heavy (non-hydrogen) atoms. The number of para-hydroxylation sites is 2. The van der Waals surface area contributed by atoms with E-state index in [1.165, 1.54) is 49.0 Å². The number of hydrogen-bond donors (Lipinski definition) is 0. The van der Waals surface area contributed by atoms with Gasteiger partial charge in [-0.3, -0.25) is 19.9 Å². The van der Waals surface area contributed by atoms with Gasteiger partial charge in [0.1, 0.15) is 0 Å². The minimum absolute atomic E-state index is 0.617. The lowest BCUT2D eigenvalue weighted by Gasteiger charge is -2.35. The molecule has 5 nitrogen and oxygen atoms in total. The summed E-state index contributed by atoms with van der Waals surface area (Å²) in [5.74, 6) is 0. The third kappa shape index (κ3) is 5.38. The van der Waals surface area contributed by atoms with Gasteiger partial charge in [0.05, 0.1) is 28.2 Å². The summed E-state index contributed by atoms with van der Waals surface area (Å²) >= 11 is 1.87. The summed E-state index contributed by atoms with van der Waals surface area (Å²) < 4.78 is 0. The monoisotopic (exact) mass is 821 g/mol. The van der Waals surface area contributed by atoms with Gasteiger partial charge >= 0.3 is 0 Å². The minimum atomic E-state index is -0.617. The van der Waals surface area contributed by atoms with Gasteiger partial charge in [0.2, 0.25) is 0 Å². The zero-order valence-electron chi connectivity index (χ0n) is 33.9. The van der Waals surface area contributed by atoms with E-state index < -0.39 is 5.41 Å². The molecule has 294 valence electrons. The lowest BCUT2D eigenvalue weighted by molar-refractivity contribution is 0.788. The topological polar surface area (TPSA) is 54.8 Å². The van der Waals surface area contributed by atoms with Gasteiger partial charge in [0, 0.05) is 69.3 Å². The summed E-state index contributed by atoms with van der Waals surface area (Å²) in [6.07, 6.45) is 11.3. The van der Waals surface area contributed by atoms with E-state index in [0.29, 0.717) is 0 Å². The predicted octanol–water partition coefficient (Wildman–Crippen LogP) is 14.2. The maximum absolute atomic E-state index is 5.33. The van der Waals surface area contributed by atoms with E-state index in [2.05, 4.69) is 191 Å². The average molecular weight is 822 g/mol. The molecule has 0 fully saturated rings. The summed E-state index contributed by atoms with van der Waals surface area (Å²) in [4.78, 5) is 23.9. The molecule has 1 aliphatic heterocycles. The number of hydrogen-bond acceptors (Lipinski definition) is 6. The largest absolute Gasteiger partial charge is 0.308 e. The lowest BCUT2D eigenvalue weighted by Crippen LogP contribution is -2.26. The quantitative estimate of drug-likeness (QED) is 0.172. The van der Waals surface area contributed by atoms with Gasteiger partial charge in [-0.15, -0.1) is 0 Å². The molecule has 10 aromatic rings. The predicted molar refractivity (Wildman–Crippen MR) is 254 cm³/mol. The molecule has 0 N–H and O–H groups in total. The maximum Gasteiger partial charge on any atom is 0.0937 e. The molecule has 0 radical (unpaired) electrons. The van der Waals surface area contributed by atoms with Crippen LogP contribution in [0.4, 0.5) is 17.1 Å². The fourth-order valence-corrected chi connectivity index (χ4v) is 11.5. The Labute approximate surface area is 369 Å². The molecular formula is C57H35N5S. The number of fused-ring (bicyclic) bond motifs is 13. The highest BCUT2D eigenvalue weighted by Gasteiger charge is 2.54. The maximum atomic E-state index is 5.33. The van der Waals surface area contributed by atoms with E-state index in [4.69, 9.17) is 9.97 Å². The van der Waals surface area contributed by atoms with E-state index in [1.807, 2.05) is 48.9 Å². The average Bonchev–Trinajstić information content (AvgIpc) is 3.83. The molecule has 1 atom stereocenters. The van der Waals surface area contributed by atoms with Crippen molar-refractivity contribution in [3.05, 3.63) is 235 Å². The molecule has 0 bridgehead atoms. The molecule has 3 aliphatic rings. The Bertz CT molecular complexity index is 3390. The summed E-state index contributed by atoms with van der Waals surface area (Å²) in [6, 6.07) is 63.9. The van der Waals surface area contributed by atoms with Crippen LogP contribution in [0.3, 0.4) is 0 Å². The molecular weight excluding hydrogens is 787 g/mol. The first kappa shape index (κ1) is 35.8. The summed E-state index contributed by atoms with van der Waals surface area (Å²) in [6.45, 7) is 0. The van der Waals surface area contributed by atoms with Crippen LogP contribution in [0.25, 0.3) is 67.0 Å². The first-order chi connectivity index (χ1) is 31.2. The second-order valence-electron chi connectivity index (χ2n) is 16.2. The zero-order chi connectivity index (χ0) is 41.5. The molecule has 0 amide bonds. The van der Waals surface area contributed by atoms with Crippen LogP contribution in [-0.4, -0.2) is 19.9 Å². The van der Waals surface area contributed by atoms with Crippen molar-refractivity contribution in [2.75, 3.05) is 4.90 Å². The molecule has 0 saturated heterocycles. The molecule has 0 saturated carbocycles. The smallest absolute Gasteiger partial charge is 0.0937 e. The third-order valence-corrected chi connectivity index (χ3v) is 14.1. The Morgan fingerprint density at radius 2 is 1.03 bits per heavy atom. The second-order valence-corrected chi connectivity index (χ2v) is 17.3. The van der Waals surface area contributed by atoms with Gasteiger partial charge in [-0.05, 0) is 152 Å². The normalized spacial score (nSPS) is 15.0. The van der Waals surface area contributed by atoms with Crippen molar-refractivity contribution in [2.45, 2.75) is 15.2 Å². The Kier molecular flexibility index (Phi) is 7.99.